The molecule has 6 nitrogen and oxygen atoms in total. The second-order valence-electron chi connectivity index (χ2n) is 5.68. The molecule has 6 heteroatoms. The average molecular weight is 326 g/mol. The second-order valence-corrected chi connectivity index (χ2v) is 5.68. The van der Waals surface area contributed by atoms with Crippen LogP contribution in [0.4, 0.5) is 5.95 Å². The molecule has 1 amide bonds. The van der Waals surface area contributed by atoms with E-state index in [-0.39, 0.29) is 5.91 Å². The Morgan fingerprint density at radius 2 is 2.12 bits per heavy atom. The van der Waals surface area contributed by atoms with Crippen LogP contribution in [0.2, 0.25) is 0 Å². The molecule has 0 saturated carbocycles. The minimum atomic E-state index is 0.144. The number of carbonyl (C=O) groups excluding carboxylic acids is 1. The molecular weight excluding hydrogens is 304 g/mol. The lowest BCUT2D eigenvalue weighted by Crippen LogP contribution is -2.36. The van der Waals surface area contributed by atoms with E-state index < -0.39 is 0 Å². The molecule has 0 saturated heterocycles. The highest BCUT2D eigenvalue weighted by Gasteiger charge is 2.20. The molecule has 1 aliphatic rings. The van der Waals surface area contributed by atoms with Crippen LogP contribution in [0.1, 0.15) is 24.5 Å². The first-order valence-electron chi connectivity index (χ1n) is 8.29. The summed E-state index contributed by atoms with van der Waals surface area (Å²) in [5.41, 5.74) is 2.48. The van der Waals surface area contributed by atoms with Crippen molar-refractivity contribution in [3.8, 4) is 5.75 Å². The Balaban J connectivity index is 1.54. The highest BCUT2D eigenvalue weighted by Crippen LogP contribution is 2.24. The lowest BCUT2D eigenvalue weighted by atomic mass is 9.99. The standard InChI is InChI=1S/C18H22N4O2/c1-2-24-16-5-4-14-7-11-22(13-15(14)12-16)17(23)6-10-21-18-19-8-3-9-20-18/h3-5,8-9,12H,2,6-7,10-11,13H2,1H3,(H,19,20,21). The van der Waals surface area contributed by atoms with Gasteiger partial charge < -0.3 is 15.0 Å². The number of hydrogen-bond acceptors (Lipinski definition) is 5. The highest BCUT2D eigenvalue weighted by atomic mass is 16.5. The summed E-state index contributed by atoms with van der Waals surface area (Å²) in [6.07, 6.45) is 4.67. The molecule has 0 atom stereocenters. The zero-order valence-corrected chi connectivity index (χ0v) is 13.9. The van der Waals surface area contributed by atoms with Crippen LogP contribution >= 0.6 is 0 Å². The lowest BCUT2D eigenvalue weighted by Gasteiger charge is -2.29. The highest BCUT2D eigenvalue weighted by molar-refractivity contribution is 5.77. The monoisotopic (exact) mass is 326 g/mol. The van der Waals surface area contributed by atoms with Gasteiger partial charge in [-0.1, -0.05) is 6.07 Å². The molecule has 0 fully saturated rings. The molecule has 2 aromatic rings. The van der Waals surface area contributed by atoms with Crippen molar-refractivity contribution in [2.45, 2.75) is 26.3 Å². The van der Waals surface area contributed by atoms with E-state index in [1.807, 2.05) is 24.0 Å². The number of benzene rings is 1. The van der Waals surface area contributed by atoms with Crippen LogP contribution in [0.5, 0.6) is 5.75 Å². The Morgan fingerprint density at radius 1 is 1.29 bits per heavy atom. The summed E-state index contributed by atoms with van der Waals surface area (Å²) in [6.45, 7) is 4.57. The first kappa shape index (κ1) is 16.2. The van der Waals surface area contributed by atoms with Gasteiger partial charge in [0.2, 0.25) is 11.9 Å². The van der Waals surface area contributed by atoms with Gasteiger partial charge in [-0.2, -0.15) is 0 Å². The molecular formula is C18H22N4O2. The van der Waals surface area contributed by atoms with Crippen molar-refractivity contribution in [1.29, 1.82) is 0 Å². The van der Waals surface area contributed by atoms with Gasteiger partial charge in [-0.25, -0.2) is 9.97 Å². The van der Waals surface area contributed by atoms with Crippen molar-refractivity contribution in [2.75, 3.05) is 25.0 Å². The summed E-state index contributed by atoms with van der Waals surface area (Å²) in [4.78, 5) is 22.5. The molecule has 2 heterocycles. The van der Waals surface area contributed by atoms with Crippen molar-refractivity contribution in [3.63, 3.8) is 0 Å². The zero-order valence-electron chi connectivity index (χ0n) is 13.9. The minimum Gasteiger partial charge on any atom is -0.494 e. The molecule has 0 aliphatic carbocycles. The van der Waals surface area contributed by atoms with Gasteiger partial charge in [-0.3, -0.25) is 4.79 Å². The molecule has 24 heavy (non-hydrogen) atoms. The first-order valence-corrected chi connectivity index (χ1v) is 8.29. The summed E-state index contributed by atoms with van der Waals surface area (Å²) in [6, 6.07) is 7.92. The lowest BCUT2D eigenvalue weighted by molar-refractivity contribution is -0.131. The van der Waals surface area contributed by atoms with E-state index >= 15 is 0 Å². The normalized spacial score (nSPS) is 13.3. The number of carbonyl (C=O) groups is 1. The van der Waals surface area contributed by atoms with Crippen molar-refractivity contribution in [1.82, 2.24) is 14.9 Å². The maximum atomic E-state index is 12.4. The van der Waals surface area contributed by atoms with Gasteiger partial charge in [0.25, 0.3) is 0 Å². The predicted octanol–water partition coefficient (Wildman–Crippen LogP) is 2.26. The van der Waals surface area contributed by atoms with E-state index in [0.29, 0.717) is 32.1 Å². The zero-order chi connectivity index (χ0) is 16.8. The fraction of sp³-hybridized carbons (Fsp3) is 0.389. The number of amides is 1. The maximum Gasteiger partial charge on any atom is 0.224 e. The number of fused-ring (bicyclic) bond motifs is 1. The van der Waals surface area contributed by atoms with Gasteiger partial charge in [0.1, 0.15) is 5.75 Å². The Morgan fingerprint density at radius 3 is 2.92 bits per heavy atom. The molecule has 126 valence electrons. The van der Waals surface area contributed by atoms with E-state index in [0.717, 1.165) is 18.7 Å². The number of hydrogen-bond donors (Lipinski definition) is 1. The molecule has 1 aliphatic heterocycles. The molecule has 0 unspecified atom stereocenters. The third kappa shape index (κ3) is 4.01. The Kier molecular flexibility index (Phi) is 5.25. The first-order chi connectivity index (χ1) is 11.8. The predicted molar refractivity (Wildman–Crippen MR) is 91.9 cm³/mol. The Bertz CT molecular complexity index is 691. The SMILES string of the molecule is CCOc1ccc2c(c1)CN(C(=O)CCNc1ncccn1)CC2. The van der Waals surface area contributed by atoms with Crippen LogP contribution < -0.4 is 10.1 Å². The van der Waals surface area contributed by atoms with E-state index in [1.165, 1.54) is 11.1 Å². The third-order valence-electron chi connectivity index (χ3n) is 4.04. The average Bonchev–Trinajstić information content (AvgIpc) is 2.62. The van der Waals surface area contributed by atoms with Gasteiger partial charge >= 0.3 is 0 Å². The summed E-state index contributed by atoms with van der Waals surface area (Å²) in [5.74, 6) is 1.56. The summed E-state index contributed by atoms with van der Waals surface area (Å²) in [5, 5.41) is 3.07. The number of aromatic nitrogens is 2. The van der Waals surface area contributed by atoms with Crippen molar-refractivity contribution in [3.05, 3.63) is 47.8 Å². The van der Waals surface area contributed by atoms with Crippen LogP contribution in [-0.2, 0) is 17.8 Å². The quantitative estimate of drug-likeness (QED) is 0.882. The van der Waals surface area contributed by atoms with Crippen molar-refractivity contribution < 1.29 is 9.53 Å². The number of ether oxygens (including phenoxy) is 1. The van der Waals surface area contributed by atoms with Gasteiger partial charge in [0.05, 0.1) is 6.61 Å². The number of nitrogens with one attached hydrogen (secondary N) is 1. The number of nitrogens with zero attached hydrogens (tertiary/aromatic N) is 3. The molecule has 3 rings (SSSR count). The van der Waals surface area contributed by atoms with E-state index in [4.69, 9.17) is 4.74 Å². The van der Waals surface area contributed by atoms with Crippen LogP contribution in [0.25, 0.3) is 0 Å². The Labute approximate surface area is 141 Å². The van der Waals surface area contributed by atoms with E-state index in [2.05, 4.69) is 21.4 Å². The van der Waals surface area contributed by atoms with Gasteiger partial charge in [-0.05, 0) is 42.7 Å². The third-order valence-corrected chi connectivity index (χ3v) is 4.04. The maximum absolute atomic E-state index is 12.4. The second kappa shape index (κ2) is 7.77. The van der Waals surface area contributed by atoms with E-state index in [9.17, 15) is 4.79 Å². The number of anilines is 1. The largest absolute Gasteiger partial charge is 0.494 e. The van der Waals surface area contributed by atoms with Crippen LogP contribution in [0.3, 0.4) is 0 Å². The molecule has 1 N–H and O–H groups in total. The van der Waals surface area contributed by atoms with Crippen molar-refractivity contribution >= 4 is 11.9 Å². The molecule has 1 aromatic carbocycles. The van der Waals surface area contributed by atoms with E-state index in [1.54, 1.807) is 18.5 Å². The fourth-order valence-corrected chi connectivity index (χ4v) is 2.83. The topological polar surface area (TPSA) is 67.3 Å². The minimum absolute atomic E-state index is 0.144. The van der Waals surface area contributed by atoms with Gasteiger partial charge in [0, 0.05) is 38.4 Å². The summed E-state index contributed by atoms with van der Waals surface area (Å²) in [7, 11) is 0. The van der Waals surface area contributed by atoms with Gasteiger partial charge in [0.15, 0.2) is 0 Å². The molecule has 0 radical (unpaired) electrons. The molecule has 0 bridgehead atoms. The summed E-state index contributed by atoms with van der Waals surface area (Å²) >= 11 is 0. The summed E-state index contributed by atoms with van der Waals surface area (Å²) < 4.78 is 5.55. The smallest absolute Gasteiger partial charge is 0.224 e. The van der Waals surface area contributed by atoms with Crippen molar-refractivity contribution in [2.24, 2.45) is 0 Å². The Hall–Kier alpha value is -2.63. The van der Waals surface area contributed by atoms with Crippen LogP contribution in [0, 0.1) is 0 Å². The van der Waals surface area contributed by atoms with Crippen LogP contribution in [-0.4, -0.2) is 40.5 Å². The molecule has 0 spiro atoms. The van der Waals surface area contributed by atoms with Gasteiger partial charge in [-0.15, -0.1) is 0 Å². The van der Waals surface area contributed by atoms with Crippen LogP contribution in [0.15, 0.2) is 36.7 Å². The number of rotatable bonds is 6. The molecule has 1 aromatic heterocycles. The fourth-order valence-electron chi connectivity index (χ4n) is 2.83.